The lowest BCUT2D eigenvalue weighted by Crippen LogP contribution is -2.34. The van der Waals surface area contributed by atoms with Gasteiger partial charge in [0, 0.05) is 19.4 Å². The molecule has 1 aliphatic rings. The van der Waals surface area contributed by atoms with Crippen molar-refractivity contribution < 1.29 is 17.2 Å². The Morgan fingerprint density at radius 1 is 1.50 bits per heavy atom. The van der Waals surface area contributed by atoms with Crippen LogP contribution in [0.15, 0.2) is 0 Å². The first-order valence-corrected chi connectivity index (χ1v) is 6.50. The third kappa shape index (κ3) is 4.32. The third-order valence-electron chi connectivity index (χ3n) is 2.38. The van der Waals surface area contributed by atoms with Crippen molar-refractivity contribution in [2.24, 2.45) is 5.92 Å². The topological polar surface area (TPSA) is 46.2 Å². The summed E-state index contributed by atoms with van der Waals surface area (Å²) >= 11 is 0. The van der Waals surface area contributed by atoms with Crippen LogP contribution in [0.25, 0.3) is 0 Å². The van der Waals surface area contributed by atoms with Gasteiger partial charge in [-0.1, -0.05) is 0 Å². The first-order valence-electron chi connectivity index (χ1n) is 4.61. The van der Waals surface area contributed by atoms with Crippen molar-refractivity contribution in [3.05, 3.63) is 0 Å². The van der Waals surface area contributed by atoms with Gasteiger partial charge in [-0.05, 0) is 18.8 Å². The Hall–Kier alpha value is -0.230. The maximum Gasteiger partial charge on any atom is 0.248 e. The molecule has 1 saturated carbocycles. The van der Waals surface area contributed by atoms with E-state index in [1.807, 2.05) is 0 Å². The SMILES string of the molecule is CS(=O)(=O)NCC1CCCC(F)(F)C1. The molecule has 0 amide bonds. The maximum absolute atomic E-state index is 12.9. The van der Waals surface area contributed by atoms with E-state index in [1.165, 1.54) is 0 Å². The lowest BCUT2D eigenvalue weighted by molar-refractivity contribution is -0.0513. The third-order valence-corrected chi connectivity index (χ3v) is 3.07. The van der Waals surface area contributed by atoms with Crippen molar-refractivity contribution in [1.82, 2.24) is 4.72 Å². The Morgan fingerprint density at radius 3 is 2.64 bits per heavy atom. The molecule has 0 heterocycles. The standard InChI is InChI=1S/C8H15F2NO2S/c1-14(12,13)11-6-7-3-2-4-8(9,10)5-7/h7,11H,2-6H2,1H3. The van der Waals surface area contributed by atoms with E-state index in [-0.39, 0.29) is 25.3 Å². The molecule has 1 fully saturated rings. The Labute approximate surface area is 82.9 Å². The van der Waals surface area contributed by atoms with Gasteiger partial charge in [0.25, 0.3) is 0 Å². The van der Waals surface area contributed by atoms with E-state index in [0.29, 0.717) is 12.8 Å². The second-order valence-corrected chi connectivity index (χ2v) is 5.77. The highest BCUT2D eigenvalue weighted by Crippen LogP contribution is 2.36. The van der Waals surface area contributed by atoms with Gasteiger partial charge < -0.3 is 0 Å². The Balaban J connectivity index is 2.39. The summed E-state index contributed by atoms with van der Waals surface area (Å²) in [5, 5.41) is 0. The van der Waals surface area contributed by atoms with E-state index in [4.69, 9.17) is 0 Å². The van der Waals surface area contributed by atoms with Gasteiger partial charge in [0.15, 0.2) is 0 Å². The number of rotatable bonds is 3. The van der Waals surface area contributed by atoms with Gasteiger partial charge in [0.2, 0.25) is 15.9 Å². The van der Waals surface area contributed by atoms with Crippen molar-refractivity contribution in [1.29, 1.82) is 0 Å². The van der Waals surface area contributed by atoms with E-state index in [2.05, 4.69) is 4.72 Å². The fraction of sp³-hybridized carbons (Fsp3) is 1.00. The largest absolute Gasteiger partial charge is 0.248 e. The summed E-state index contributed by atoms with van der Waals surface area (Å²) < 4.78 is 49.5. The van der Waals surface area contributed by atoms with Crippen molar-refractivity contribution in [3.8, 4) is 0 Å². The number of nitrogens with one attached hydrogen (secondary N) is 1. The molecule has 1 aliphatic carbocycles. The first-order chi connectivity index (χ1) is 6.29. The van der Waals surface area contributed by atoms with E-state index in [1.54, 1.807) is 0 Å². The number of halogens is 2. The highest BCUT2D eigenvalue weighted by atomic mass is 32.2. The van der Waals surface area contributed by atoms with Gasteiger partial charge in [-0.2, -0.15) is 0 Å². The van der Waals surface area contributed by atoms with Crippen LogP contribution >= 0.6 is 0 Å². The zero-order valence-corrected chi connectivity index (χ0v) is 8.91. The van der Waals surface area contributed by atoms with Crippen LogP contribution in [0.1, 0.15) is 25.7 Å². The van der Waals surface area contributed by atoms with E-state index >= 15 is 0 Å². The number of hydrogen-bond donors (Lipinski definition) is 1. The molecule has 1 atom stereocenters. The van der Waals surface area contributed by atoms with Crippen LogP contribution in [0.2, 0.25) is 0 Å². The molecule has 1 rings (SSSR count). The molecule has 0 aliphatic heterocycles. The Kier molecular flexibility index (Phi) is 3.47. The summed E-state index contributed by atoms with van der Waals surface area (Å²) in [5.74, 6) is -2.84. The molecule has 0 aromatic heterocycles. The summed E-state index contributed by atoms with van der Waals surface area (Å²) in [4.78, 5) is 0. The minimum absolute atomic E-state index is 0.0671. The minimum Gasteiger partial charge on any atom is -0.215 e. The van der Waals surface area contributed by atoms with Crippen molar-refractivity contribution in [2.45, 2.75) is 31.6 Å². The number of sulfonamides is 1. The summed E-state index contributed by atoms with van der Waals surface area (Å²) in [6, 6.07) is 0. The van der Waals surface area contributed by atoms with Crippen LogP contribution < -0.4 is 4.72 Å². The van der Waals surface area contributed by atoms with Crippen molar-refractivity contribution in [2.75, 3.05) is 12.8 Å². The molecule has 1 N–H and O–H groups in total. The first kappa shape index (κ1) is 11.8. The van der Waals surface area contributed by atoms with Crippen LogP contribution in [-0.2, 0) is 10.0 Å². The molecule has 6 heteroatoms. The zero-order chi connectivity index (χ0) is 10.8. The molecule has 0 bridgehead atoms. The predicted molar refractivity (Wildman–Crippen MR) is 49.8 cm³/mol. The zero-order valence-electron chi connectivity index (χ0n) is 8.09. The molecule has 3 nitrogen and oxygen atoms in total. The summed E-state index contributed by atoms with van der Waals surface area (Å²) in [6.07, 6.45) is 1.92. The van der Waals surface area contributed by atoms with Crippen LogP contribution in [0.5, 0.6) is 0 Å². The van der Waals surface area contributed by atoms with Crippen LogP contribution in [0, 0.1) is 5.92 Å². The monoisotopic (exact) mass is 227 g/mol. The van der Waals surface area contributed by atoms with Gasteiger partial charge in [-0.15, -0.1) is 0 Å². The van der Waals surface area contributed by atoms with E-state index in [0.717, 1.165) is 6.26 Å². The van der Waals surface area contributed by atoms with Crippen LogP contribution in [0.3, 0.4) is 0 Å². The highest BCUT2D eigenvalue weighted by Gasteiger charge is 2.36. The summed E-state index contributed by atoms with van der Waals surface area (Å²) in [6.45, 7) is 0.133. The van der Waals surface area contributed by atoms with Crippen LogP contribution in [0.4, 0.5) is 8.78 Å². The average molecular weight is 227 g/mol. The highest BCUT2D eigenvalue weighted by molar-refractivity contribution is 7.88. The lowest BCUT2D eigenvalue weighted by atomic mass is 9.87. The number of hydrogen-bond acceptors (Lipinski definition) is 2. The normalized spacial score (nSPS) is 27.5. The van der Waals surface area contributed by atoms with Crippen molar-refractivity contribution >= 4 is 10.0 Å². The van der Waals surface area contributed by atoms with Crippen molar-refractivity contribution in [3.63, 3.8) is 0 Å². The summed E-state index contributed by atoms with van der Waals surface area (Å²) in [7, 11) is -3.26. The molecule has 0 aromatic carbocycles. The molecular formula is C8H15F2NO2S. The fourth-order valence-corrected chi connectivity index (χ4v) is 2.26. The molecular weight excluding hydrogens is 212 g/mol. The predicted octanol–water partition coefficient (Wildman–Crippen LogP) is 1.36. The minimum atomic E-state index is -3.26. The summed E-state index contributed by atoms with van der Waals surface area (Å²) in [5.41, 5.74) is 0. The Morgan fingerprint density at radius 2 is 2.14 bits per heavy atom. The lowest BCUT2D eigenvalue weighted by Gasteiger charge is -2.28. The average Bonchev–Trinajstić information content (AvgIpc) is 1.98. The van der Waals surface area contributed by atoms with Crippen LogP contribution in [-0.4, -0.2) is 27.1 Å². The molecule has 14 heavy (non-hydrogen) atoms. The second-order valence-electron chi connectivity index (χ2n) is 3.94. The molecule has 1 unspecified atom stereocenters. The van der Waals surface area contributed by atoms with E-state index < -0.39 is 15.9 Å². The van der Waals surface area contributed by atoms with Gasteiger partial charge in [0.05, 0.1) is 6.26 Å². The second kappa shape index (κ2) is 4.10. The van der Waals surface area contributed by atoms with Gasteiger partial charge in [-0.3, -0.25) is 0 Å². The maximum atomic E-state index is 12.9. The molecule has 0 aromatic rings. The molecule has 84 valence electrons. The molecule has 0 spiro atoms. The van der Waals surface area contributed by atoms with Gasteiger partial charge in [-0.25, -0.2) is 21.9 Å². The number of alkyl halides is 2. The van der Waals surface area contributed by atoms with E-state index in [9.17, 15) is 17.2 Å². The fourth-order valence-electron chi connectivity index (χ4n) is 1.72. The quantitative estimate of drug-likeness (QED) is 0.791. The van der Waals surface area contributed by atoms with Gasteiger partial charge in [0.1, 0.15) is 0 Å². The Bertz CT molecular complexity index is 290. The van der Waals surface area contributed by atoms with Gasteiger partial charge >= 0.3 is 0 Å². The molecule has 0 radical (unpaired) electrons. The molecule has 0 saturated heterocycles. The smallest absolute Gasteiger partial charge is 0.215 e.